The van der Waals surface area contributed by atoms with E-state index in [0.29, 0.717) is 12.1 Å². The van der Waals surface area contributed by atoms with E-state index < -0.39 is 5.97 Å². The number of rotatable bonds is 3. The number of hydrogen-bond donors (Lipinski definition) is 1. The molecule has 1 aromatic carbocycles. The number of nitrogens with zero attached hydrogens (tertiary/aromatic N) is 2. The van der Waals surface area contributed by atoms with Crippen LogP contribution in [-0.4, -0.2) is 41.0 Å². The Morgan fingerprint density at radius 3 is 2.71 bits per heavy atom. The van der Waals surface area contributed by atoms with Crippen molar-refractivity contribution in [3.05, 3.63) is 30.0 Å². The predicted molar refractivity (Wildman–Crippen MR) is 74.8 cm³/mol. The van der Waals surface area contributed by atoms with Gasteiger partial charge in [-0.15, -0.1) is 0 Å². The first-order valence-corrected chi connectivity index (χ1v) is 7.20. The second-order valence-corrected chi connectivity index (χ2v) is 5.73. The molecule has 1 aliphatic heterocycles. The van der Waals surface area contributed by atoms with Gasteiger partial charge in [-0.2, -0.15) is 5.10 Å². The molecule has 6 heteroatoms. The molecule has 1 aromatic heterocycles. The van der Waals surface area contributed by atoms with Crippen LogP contribution >= 0.6 is 0 Å². The first-order chi connectivity index (χ1) is 10.0. The number of nitrogens with one attached hydrogen (secondary N) is 1. The fourth-order valence-corrected chi connectivity index (χ4v) is 3.13. The van der Waals surface area contributed by atoms with Crippen molar-refractivity contribution in [2.24, 2.45) is 0 Å². The third kappa shape index (κ3) is 2.77. The van der Waals surface area contributed by atoms with E-state index in [4.69, 9.17) is 4.74 Å². The van der Waals surface area contributed by atoms with E-state index in [1.807, 2.05) is 18.2 Å². The zero-order valence-corrected chi connectivity index (χ0v) is 12.2. The number of ether oxygens (including phenoxy) is 1. The van der Waals surface area contributed by atoms with Crippen LogP contribution in [-0.2, 0) is 11.4 Å². The van der Waals surface area contributed by atoms with Gasteiger partial charge in [0.25, 0.3) is 0 Å². The van der Waals surface area contributed by atoms with Crippen LogP contribution in [0.3, 0.4) is 0 Å². The summed E-state index contributed by atoms with van der Waals surface area (Å²) in [5.41, 5.74) is 0.843. The summed E-state index contributed by atoms with van der Waals surface area (Å²) < 4.78 is 7.49. The van der Waals surface area contributed by atoms with Crippen molar-refractivity contribution in [1.82, 2.24) is 9.78 Å². The van der Waals surface area contributed by atoms with Gasteiger partial charge in [0.15, 0.2) is 6.67 Å². The molecule has 1 aliphatic rings. The van der Waals surface area contributed by atoms with Crippen LogP contribution < -0.4 is 10.0 Å². The van der Waals surface area contributed by atoms with E-state index in [1.54, 1.807) is 10.7 Å². The highest BCUT2D eigenvalue weighted by Gasteiger charge is 2.26. The minimum absolute atomic E-state index is 0.0133. The van der Waals surface area contributed by atoms with Gasteiger partial charge in [0, 0.05) is 5.39 Å². The van der Waals surface area contributed by atoms with Gasteiger partial charge in [0.05, 0.1) is 11.5 Å². The Balaban J connectivity index is 1.92. The predicted octanol–water partition coefficient (Wildman–Crippen LogP) is -0.951. The summed E-state index contributed by atoms with van der Waals surface area (Å²) in [5, 5.41) is 16.1. The van der Waals surface area contributed by atoms with Crippen molar-refractivity contribution in [3.8, 4) is 0 Å². The van der Waals surface area contributed by atoms with Gasteiger partial charge in [-0.05, 0) is 19.9 Å². The maximum Gasteiger partial charge on any atom is 0.173 e. The van der Waals surface area contributed by atoms with Crippen LogP contribution in [0.5, 0.6) is 0 Å². The van der Waals surface area contributed by atoms with Crippen molar-refractivity contribution >= 4 is 16.9 Å². The van der Waals surface area contributed by atoms with Crippen LogP contribution in [0.4, 0.5) is 0 Å². The smallest absolute Gasteiger partial charge is 0.173 e. The average molecular weight is 289 g/mol. The maximum atomic E-state index is 11.2. The first-order valence-electron chi connectivity index (χ1n) is 7.20. The molecule has 112 valence electrons. The Bertz CT molecular complexity index is 657. The Kier molecular flexibility index (Phi) is 3.65. The average Bonchev–Trinajstić information content (AvgIpc) is 2.77. The SMILES string of the molecule is C[C@H]1C[NH+](Cn2nc(C(=O)[O-])c3ccccc32)C[C@H](C)O1. The number of para-hydroxylation sites is 1. The first kappa shape index (κ1) is 14.0. The molecule has 0 spiro atoms. The maximum absolute atomic E-state index is 11.2. The molecule has 2 aromatic rings. The van der Waals surface area contributed by atoms with Crippen molar-refractivity contribution in [2.45, 2.75) is 32.7 Å². The Morgan fingerprint density at radius 2 is 2.05 bits per heavy atom. The zero-order valence-electron chi connectivity index (χ0n) is 12.2. The van der Waals surface area contributed by atoms with Gasteiger partial charge in [0.1, 0.15) is 31.0 Å². The summed E-state index contributed by atoms with van der Waals surface area (Å²) in [6, 6.07) is 7.36. The summed E-state index contributed by atoms with van der Waals surface area (Å²) in [5.74, 6) is -1.23. The highest BCUT2D eigenvalue weighted by Crippen LogP contribution is 2.17. The number of hydrogen-bond acceptors (Lipinski definition) is 4. The van der Waals surface area contributed by atoms with Crippen LogP contribution in [0.1, 0.15) is 24.3 Å². The number of carboxylic acid groups (broad SMARTS) is 1. The van der Waals surface area contributed by atoms with Crippen LogP contribution in [0.15, 0.2) is 24.3 Å². The largest absolute Gasteiger partial charge is 0.543 e. The number of fused-ring (bicyclic) bond motifs is 1. The molecule has 1 N–H and O–H groups in total. The number of benzene rings is 1. The second kappa shape index (κ2) is 5.46. The highest BCUT2D eigenvalue weighted by atomic mass is 16.5. The lowest BCUT2D eigenvalue weighted by molar-refractivity contribution is -0.937. The minimum atomic E-state index is -1.23. The van der Waals surface area contributed by atoms with E-state index in [9.17, 15) is 9.90 Å². The Labute approximate surface area is 122 Å². The lowest BCUT2D eigenvalue weighted by Crippen LogP contribution is -3.14. The number of carbonyl (C=O) groups excluding carboxylic acids is 1. The lowest BCUT2D eigenvalue weighted by atomic mass is 10.2. The van der Waals surface area contributed by atoms with Crippen LogP contribution in [0.25, 0.3) is 10.9 Å². The number of carbonyl (C=O) groups is 1. The zero-order chi connectivity index (χ0) is 15.0. The number of aromatic nitrogens is 2. The van der Waals surface area contributed by atoms with Gasteiger partial charge in [-0.1, -0.05) is 18.2 Å². The molecule has 1 fully saturated rings. The summed E-state index contributed by atoms with van der Waals surface area (Å²) >= 11 is 0. The molecular weight excluding hydrogens is 270 g/mol. The molecule has 2 atom stereocenters. The van der Waals surface area contributed by atoms with Gasteiger partial charge in [-0.25, -0.2) is 4.68 Å². The molecule has 6 nitrogen and oxygen atoms in total. The summed E-state index contributed by atoms with van der Waals surface area (Å²) in [7, 11) is 0. The van der Waals surface area contributed by atoms with E-state index in [-0.39, 0.29) is 17.9 Å². The quantitative estimate of drug-likeness (QED) is 0.791. The third-order valence-corrected chi connectivity index (χ3v) is 3.84. The standard InChI is InChI=1S/C15H19N3O3/c1-10-7-17(8-11(2)21-10)9-18-13-6-4-3-5-12(13)14(16-18)15(19)20/h3-6,10-11H,7-9H2,1-2H3,(H,19,20)/t10-,11-/m0/s1. The minimum Gasteiger partial charge on any atom is -0.543 e. The summed E-state index contributed by atoms with van der Waals surface area (Å²) in [6.45, 7) is 6.52. The van der Waals surface area contributed by atoms with Crippen LogP contribution in [0.2, 0.25) is 0 Å². The molecule has 0 bridgehead atoms. The molecule has 0 aliphatic carbocycles. The Morgan fingerprint density at radius 1 is 1.38 bits per heavy atom. The van der Waals surface area contributed by atoms with Gasteiger partial charge >= 0.3 is 0 Å². The molecule has 3 rings (SSSR count). The van der Waals surface area contributed by atoms with E-state index in [1.165, 1.54) is 4.90 Å². The number of quaternary nitrogens is 1. The molecular formula is C15H19N3O3. The molecule has 0 saturated carbocycles. The monoisotopic (exact) mass is 289 g/mol. The van der Waals surface area contributed by atoms with E-state index >= 15 is 0 Å². The van der Waals surface area contributed by atoms with E-state index in [2.05, 4.69) is 18.9 Å². The van der Waals surface area contributed by atoms with Gasteiger partial charge in [0.2, 0.25) is 0 Å². The van der Waals surface area contributed by atoms with Gasteiger partial charge in [-0.3, -0.25) is 0 Å². The molecule has 0 amide bonds. The molecule has 1 saturated heterocycles. The van der Waals surface area contributed by atoms with Crippen molar-refractivity contribution < 1.29 is 19.5 Å². The second-order valence-electron chi connectivity index (χ2n) is 5.73. The Hall–Kier alpha value is -1.92. The number of aromatic carboxylic acids is 1. The normalized spacial score (nSPS) is 26.1. The summed E-state index contributed by atoms with van der Waals surface area (Å²) in [6.07, 6.45) is 0.400. The molecule has 0 radical (unpaired) electrons. The van der Waals surface area contributed by atoms with Gasteiger partial charge < -0.3 is 19.5 Å². The number of morpholine rings is 1. The molecule has 2 heterocycles. The molecule has 21 heavy (non-hydrogen) atoms. The molecule has 0 unspecified atom stereocenters. The number of carboxylic acids is 1. The fourth-order valence-electron chi connectivity index (χ4n) is 3.13. The fraction of sp³-hybridized carbons (Fsp3) is 0.467. The highest BCUT2D eigenvalue weighted by molar-refractivity contribution is 6.00. The van der Waals surface area contributed by atoms with Crippen molar-refractivity contribution in [1.29, 1.82) is 0 Å². The summed E-state index contributed by atoms with van der Waals surface area (Å²) in [4.78, 5) is 12.5. The lowest BCUT2D eigenvalue weighted by Gasteiger charge is -2.32. The topological polar surface area (TPSA) is 71.6 Å². The third-order valence-electron chi connectivity index (χ3n) is 3.84. The van der Waals surface area contributed by atoms with Crippen LogP contribution in [0, 0.1) is 0 Å². The van der Waals surface area contributed by atoms with Crippen molar-refractivity contribution in [3.63, 3.8) is 0 Å². The van der Waals surface area contributed by atoms with E-state index in [0.717, 1.165) is 18.6 Å². The van der Waals surface area contributed by atoms with Crippen molar-refractivity contribution in [2.75, 3.05) is 13.1 Å².